The highest BCUT2D eigenvalue weighted by Crippen LogP contribution is 2.27. The van der Waals surface area contributed by atoms with E-state index >= 15 is 0 Å². The highest BCUT2D eigenvalue weighted by Gasteiger charge is 2.05. The average molecular weight is 399 g/mol. The maximum Gasteiger partial charge on any atom is 0.193 e. The molecular formula is C16H17BrClN3O2. The number of methoxy groups -OCH3 is 2. The third-order valence-electron chi connectivity index (χ3n) is 3.09. The topological polar surface area (TPSA) is 68.9 Å². The van der Waals surface area contributed by atoms with Gasteiger partial charge in [0.2, 0.25) is 0 Å². The molecule has 0 aliphatic carbocycles. The van der Waals surface area contributed by atoms with Crippen LogP contribution in [0.1, 0.15) is 5.56 Å². The second-order valence-corrected chi connectivity index (χ2v) is 5.95. The Kier molecular flexibility index (Phi) is 6.12. The fourth-order valence-electron chi connectivity index (χ4n) is 1.97. The van der Waals surface area contributed by atoms with Gasteiger partial charge in [-0.25, -0.2) is 4.99 Å². The summed E-state index contributed by atoms with van der Waals surface area (Å²) in [6.07, 6.45) is 0. The van der Waals surface area contributed by atoms with Gasteiger partial charge in [-0.3, -0.25) is 0 Å². The summed E-state index contributed by atoms with van der Waals surface area (Å²) in [5.74, 6) is 1.65. The molecule has 23 heavy (non-hydrogen) atoms. The summed E-state index contributed by atoms with van der Waals surface area (Å²) >= 11 is 9.51. The van der Waals surface area contributed by atoms with Gasteiger partial charge in [-0.05, 0) is 36.4 Å². The lowest BCUT2D eigenvalue weighted by atomic mass is 10.2. The molecule has 0 amide bonds. The fourth-order valence-corrected chi connectivity index (χ4v) is 2.64. The maximum atomic E-state index is 6.08. The minimum absolute atomic E-state index is 0.285. The van der Waals surface area contributed by atoms with Crippen LogP contribution >= 0.6 is 27.5 Å². The van der Waals surface area contributed by atoms with E-state index in [9.17, 15) is 0 Å². The van der Waals surface area contributed by atoms with E-state index in [1.807, 2.05) is 24.3 Å². The number of aliphatic imine (C=N–C) groups is 1. The minimum atomic E-state index is 0.285. The van der Waals surface area contributed by atoms with Crippen molar-refractivity contribution in [2.24, 2.45) is 10.7 Å². The van der Waals surface area contributed by atoms with Crippen molar-refractivity contribution < 1.29 is 9.47 Å². The molecule has 2 aromatic carbocycles. The van der Waals surface area contributed by atoms with Gasteiger partial charge in [-0.2, -0.15) is 0 Å². The molecule has 122 valence electrons. The van der Waals surface area contributed by atoms with E-state index in [0.717, 1.165) is 21.5 Å². The van der Waals surface area contributed by atoms with E-state index in [0.29, 0.717) is 17.3 Å². The Morgan fingerprint density at radius 1 is 1.17 bits per heavy atom. The molecule has 7 heteroatoms. The first-order valence-electron chi connectivity index (χ1n) is 6.76. The highest BCUT2D eigenvalue weighted by molar-refractivity contribution is 9.10. The van der Waals surface area contributed by atoms with Crippen molar-refractivity contribution in [3.63, 3.8) is 0 Å². The molecule has 0 unspecified atom stereocenters. The Morgan fingerprint density at radius 2 is 1.87 bits per heavy atom. The van der Waals surface area contributed by atoms with E-state index in [4.69, 9.17) is 26.8 Å². The van der Waals surface area contributed by atoms with Crippen LogP contribution in [-0.2, 0) is 6.54 Å². The van der Waals surface area contributed by atoms with Crippen LogP contribution < -0.4 is 20.5 Å². The minimum Gasteiger partial charge on any atom is -0.496 e. The predicted octanol–water partition coefficient (Wildman–Crippen LogP) is 4.05. The molecule has 2 rings (SSSR count). The summed E-state index contributed by atoms with van der Waals surface area (Å²) in [6, 6.07) is 11.0. The van der Waals surface area contributed by atoms with Crippen molar-refractivity contribution in [3.05, 3.63) is 51.5 Å². The van der Waals surface area contributed by atoms with Gasteiger partial charge < -0.3 is 20.5 Å². The monoisotopic (exact) mass is 397 g/mol. The standard InChI is InChI=1S/C16H17BrClN3O2/c1-22-14-5-3-11(17)7-10(14)9-20-16(19)21-12-4-6-15(23-2)13(18)8-12/h3-8H,9H2,1-2H3,(H3,19,20,21). The third-order valence-corrected chi connectivity index (χ3v) is 3.88. The van der Waals surface area contributed by atoms with Crippen LogP contribution in [0.25, 0.3) is 0 Å². The molecular weight excluding hydrogens is 382 g/mol. The van der Waals surface area contributed by atoms with Crippen LogP contribution in [0.3, 0.4) is 0 Å². The van der Waals surface area contributed by atoms with Crippen LogP contribution in [0.15, 0.2) is 45.9 Å². The molecule has 0 saturated heterocycles. The Morgan fingerprint density at radius 3 is 2.52 bits per heavy atom. The third kappa shape index (κ3) is 4.77. The second-order valence-electron chi connectivity index (χ2n) is 4.63. The van der Waals surface area contributed by atoms with Gasteiger partial charge in [0.15, 0.2) is 5.96 Å². The maximum absolute atomic E-state index is 6.08. The molecule has 0 bridgehead atoms. The number of nitrogens with one attached hydrogen (secondary N) is 1. The van der Waals surface area contributed by atoms with Crippen LogP contribution in [0.4, 0.5) is 5.69 Å². The van der Waals surface area contributed by atoms with E-state index in [1.54, 1.807) is 26.4 Å². The number of guanidine groups is 1. The fraction of sp³-hybridized carbons (Fsp3) is 0.188. The number of halogens is 2. The van der Waals surface area contributed by atoms with Gasteiger partial charge in [-0.1, -0.05) is 27.5 Å². The first kappa shape index (κ1) is 17.4. The Bertz CT molecular complexity index is 722. The van der Waals surface area contributed by atoms with Gasteiger partial charge in [0.05, 0.1) is 25.8 Å². The van der Waals surface area contributed by atoms with Crippen molar-refractivity contribution in [1.82, 2.24) is 0 Å². The molecule has 2 aromatic rings. The molecule has 3 N–H and O–H groups in total. The lowest BCUT2D eigenvalue weighted by molar-refractivity contribution is 0.410. The van der Waals surface area contributed by atoms with Gasteiger partial charge in [0, 0.05) is 15.7 Å². The Labute approximate surface area is 148 Å². The quantitative estimate of drug-likeness (QED) is 0.589. The van der Waals surface area contributed by atoms with Gasteiger partial charge in [0.1, 0.15) is 11.5 Å². The van der Waals surface area contributed by atoms with E-state index in [1.165, 1.54) is 0 Å². The normalized spacial score (nSPS) is 11.2. The van der Waals surface area contributed by atoms with Crippen LogP contribution in [0.5, 0.6) is 11.5 Å². The predicted molar refractivity (Wildman–Crippen MR) is 97.6 cm³/mol. The summed E-state index contributed by atoms with van der Waals surface area (Å²) in [5.41, 5.74) is 7.58. The first-order chi connectivity index (χ1) is 11.0. The highest BCUT2D eigenvalue weighted by atomic mass is 79.9. The zero-order chi connectivity index (χ0) is 16.8. The molecule has 0 aliphatic heterocycles. The van der Waals surface area contributed by atoms with Crippen molar-refractivity contribution in [1.29, 1.82) is 0 Å². The number of nitrogens with zero attached hydrogens (tertiary/aromatic N) is 1. The summed E-state index contributed by atoms with van der Waals surface area (Å²) in [6.45, 7) is 0.394. The SMILES string of the molecule is COc1ccc(NC(N)=NCc2cc(Br)ccc2OC)cc1Cl. The van der Waals surface area contributed by atoms with Crippen LogP contribution in [0.2, 0.25) is 5.02 Å². The molecule has 0 aliphatic rings. The second kappa shape index (κ2) is 8.08. The van der Waals surface area contributed by atoms with Crippen molar-refractivity contribution in [2.45, 2.75) is 6.54 Å². The average Bonchev–Trinajstić information content (AvgIpc) is 2.53. The number of nitrogens with two attached hydrogens (primary N) is 1. The lowest BCUT2D eigenvalue weighted by Gasteiger charge is -2.10. The number of hydrogen-bond acceptors (Lipinski definition) is 3. The number of rotatable bonds is 5. The van der Waals surface area contributed by atoms with Crippen molar-refractivity contribution >= 4 is 39.2 Å². The van der Waals surface area contributed by atoms with Gasteiger partial charge in [0.25, 0.3) is 0 Å². The summed E-state index contributed by atoms with van der Waals surface area (Å²) in [4.78, 5) is 4.32. The number of ether oxygens (including phenoxy) is 2. The Balaban J connectivity index is 2.09. The molecule has 0 atom stereocenters. The van der Waals surface area contributed by atoms with E-state index < -0.39 is 0 Å². The molecule has 0 saturated carbocycles. The summed E-state index contributed by atoms with van der Waals surface area (Å²) in [7, 11) is 3.19. The number of hydrogen-bond donors (Lipinski definition) is 2. The zero-order valence-electron chi connectivity index (χ0n) is 12.8. The van der Waals surface area contributed by atoms with Crippen molar-refractivity contribution in [3.8, 4) is 11.5 Å². The molecule has 5 nitrogen and oxygen atoms in total. The van der Waals surface area contributed by atoms with Crippen LogP contribution in [-0.4, -0.2) is 20.2 Å². The van der Waals surface area contributed by atoms with E-state index in [-0.39, 0.29) is 5.96 Å². The van der Waals surface area contributed by atoms with Gasteiger partial charge in [-0.15, -0.1) is 0 Å². The zero-order valence-corrected chi connectivity index (χ0v) is 15.1. The first-order valence-corrected chi connectivity index (χ1v) is 7.93. The summed E-state index contributed by atoms with van der Waals surface area (Å²) < 4.78 is 11.4. The number of benzene rings is 2. The molecule has 0 heterocycles. The summed E-state index contributed by atoms with van der Waals surface area (Å²) in [5, 5.41) is 3.49. The smallest absolute Gasteiger partial charge is 0.193 e. The molecule has 0 spiro atoms. The number of anilines is 1. The lowest BCUT2D eigenvalue weighted by Crippen LogP contribution is -2.22. The molecule has 0 radical (unpaired) electrons. The van der Waals surface area contributed by atoms with Crippen molar-refractivity contribution in [2.75, 3.05) is 19.5 Å². The van der Waals surface area contributed by atoms with Gasteiger partial charge >= 0.3 is 0 Å². The van der Waals surface area contributed by atoms with E-state index in [2.05, 4.69) is 26.2 Å². The Hall–Kier alpha value is -1.92. The molecule has 0 fully saturated rings. The van der Waals surface area contributed by atoms with Crippen LogP contribution in [0, 0.1) is 0 Å². The molecule has 0 aromatic heterocycles. The largest absolute Gasteiger partial charge is 0.496 e.